The van der Waals surface area contributed by atoms with E-state index in [2.05, 4.69) is 29.6 Å². The minimum atomic E-state index is -1.28. The van der Waals surface area contributed by atoms with E-state index < -0.39 is 13.7 Å². The molecule has 2 saturated heterocycles. The van der Waals surface area contributed by atoms with Crippen molar-refractivity contribution in [2.75, 3.05) is 24.6 Å². The zero-order valence-corrected chi connectivity index (χ0v) is 28.6. The van der Waals surface area contributed by atoms with Gasteiger partial charge in [-0.25, -0.2) is 4.79 Å². The summed E-state index contributed by atoms with van der Waals surface area (Å²) in [5, 5.41) is 6.34. The van der Waals surface area contributed by atoms with E-state index in [4.69, 9.17) is 26.1 Å². The summed E-state index contributed by atoms with van der Waals surface area (Å²) in [6, 6.07) is 4.98. The molecule has 2 bridgehead atoms. The van der Waals surface area contributed by atoms with Gasteiger partial charge in [0.25, 0.3) is 5.56 Å². The zero-order chi connectivity index (χ0) is 31.7. The smallest absolute Gasteiger partial charge is 0.410 e. The van der Waals surface area contributed by atoms with E-state index in [1.165, 1.54) is 0 Å². The van der Waals surface area contributed by atoms with Crippen LogP contribution in [-0.2, 0) is 30.3 Å². The molecule has 13 heteroatoms. The number of amides is 1. The fraction of sp³-hybridized carbons (Fsp3) is 0.548. The van der Waals surface area contributed by atoms with Crippen molar-refractivity contribution < 1.29 is 14.3 Å². The van der Waals surface area contributed by atoms with Crippen molar-refractivity contribution in [2.45, 2.75) is 77.3 Å². The number of aromatic nitrogens is 5. The van der Waals surface area contributed by atoms with Gasteiger partial charge in [0.1, 0.15) is 12.3 Å². The SMILES string of the molecule is Cn1cc2c(Cl)c(-c3cn(COCC[Si](C)(C)C)c4nc(N5C6CC5CN(C(=O)OC(C)(C)C)C6)n(C)c(=O)c34)ccc2n1. The van der Waals surface area contributed by atoms with Gasteiger partial charge < -0.3 is 23.8 Å². The number of nitrogens with zero attached hydrogens (tertiary/aromatic N) is 7. The maximum absolute atomic E-state index is 14.2. The van der Waals surface area contributed by atoms with Gasteiger partial charge in [-0.2, -0.15) is 10.1 Å². The second kappa shape index (κ2) is 10.9. The summed E-state index contributed by atoms with van der Waals surface area (Å²) in [5.74, 6) is 0.592. The van der Waals surface area contributed by atoms with Gasteiger partial charge in [-0.15, -0.1) is 0 Å². The van der Waals surface area contributed by atoms with Crippen molar-refractivity contribution in [3.8, 4) is 11.1 Å². The maximum atomic E-state index is 14.2. The van der Waals surface area contributed by atoms with Gasteiger partial charge in [-0.3, -0.25) is 14.0 Å². The van der Waals surface area contributed by atoms with Gasteiger partial charge in [0.05, 0.1) is 28.0 Å². The molecule has 1 aromatic carbocycles. The second-order valence-corrected chi connectivity index (χ2v) is 20.3. The average Bonchev–Trinajstić information content (AvgIpc) is 3.48. The number of fused-ring (bicyclic) bond motifs is 4. The summed E-state index contributed by atoms with van der Waals surface area (Å²) >= 11 is 6.96. The minimum Gasteiger partial charge on any atom is -0.444 e. The lowest BCUT2D eigenvalue weighted by atomic mass is 9.88. The number of ether oxygens (including phenoxy) is 2. The monoisotopic (exact) mass is 639 g/mol. The first-order valence-electron chi connectivity index (χ1n) is 15.2. The number of carbonyl (C=O) groups is 1. The normalized spacial score (nSPS) is 18.8. The molecule has 6 rings (SSSR count). The van der Waals surface area contributed by atoms with Crippen molar-refractivity contribution in [1.29, 1.82) is 0 Å². The summed E-state index contributed by atoms with van der Waals surface area (Å²) in [6.45, 7) is 14.5. The van der Waals surface area contributed by atoms with Crippen molar-refractivity contribution in [2.24, 2.45) is 14.1 Å². The Kier molecular flexibility index (Phi) is 7.61. The Balaban J connectivity index is 1.39. The lowest BCUT2D eigenvalue weighted by Gasteiger charge is -2.56. The number of likely N-dealkylation sites (tertiary alicyclic amines) is 1. The Hall–Kier alpha value is -3.35. The third-order valence-electron chi connectivity index (χ3n) is 8.41. The Bertz CT molecular complexity index is 1800. The molecule has 4 aromatic rings. The number of halogens is 1. The second-order valence-electron chi connectivity index (χ2n) is 14.3. The maximum Gasteiger partial charge on any atom is 0.410 e. The molecule has 0 N–H and O–H groups in total. The van der Waals surface area contributed by atoms with Crippen LogP contribution >= 0.6 is 11.6 Å². The summed E-state index contributed by atoms with van der Waals surface area (Å²) in [4.78, 5) is 36.0. The average molecular weight is 640 g/mol. The molecule has 44 heavy (non-hydrogen) atoms. The summed E-state index contributed by atoms with van der Waals surface area (Å²) in [7, 11) is 2.35. The van der Waals surface area contributed by atoms with Crippen LogP contribution in [0.5, 0.6) is 0 Å². The van der Waals surface area contributed by atoms with Gasteiger partial charge in [0, 0.05) is 70.8 Å². The van der Waals surface area contributed by atoms with E-state index in [1.807, 2.05) is 56.9 Å². The molecular weight excluding hydrogens is 598 g/mol. The highest BCUT2D eigenvalue weighted by Crippen LogP contribution is 2.40. The van der Waals surface area contributed by atoms with E-state index in [-0.39, 0.29) is 30.5 Å². The van der Waals surface area contributed by atoms with E-state index in [0.717, 1.165) is 28.9 Å². The van der Waals surface area contributed by atoms with E-state index >= 15 is 0 Å². The summed E-state index contributed by atoms with van der Waals surface area (Å²) in [5.41, 5.74) is 2.10. The molecule has 5 heterocycles. The molecule has 11 nitrogen and oxygen atoms in total. The highest BCUT2D eigenvalue weighted by atomic mass is 35.5. The zero-order valence-electron chi connectivity index (χ0n) is 26.8. The molecule has 2 aliphatic rings. The number of hydrogen-bond acceptors (Lipinski definition) is 7. The van der Waals surface area contributed by atoms with E-state index in [0.29, 0.717) is 47.3 Å². The van der Waals surface area contributed by atoms with Crippen LogP contribution in [-0.4, -0.2) is 80.3 Å². The highest BCUT2D eigenvalue weighted by Gasteiger charge is 2.48. The Labute approximate surface area is 263 Å². The van der Waals surface area contributed by atoms with Crippen molar-refractivity contribution in [1.82, 2.24) is 28.8 Å². The number of piperidine rings is 1. The van der Waals surface area contributed by atoms with Crippen LogP contribution in [0.25, 0.3) is 33.1 Å². The van der Waals surface area contributed by atoms with Crippen molar-refractivity contribution in [3.05, 3.63) is 39.9 Å². The Morgan fingerprint density at radius 1 is 1.09 bits per heavy atom. The predicted molar refractivity (Wildman–Crippen MR) is 176 cm³/mol. The lowest BCUT2D eigenvalue weighted by Crippen LogP contribution is -2.70. The van der Waals surface area contributed by atoms with Gasteiger partial charge >= 0.3 is 6.09 Å². The fourth-order valence-electron chi connectivity index (χ4n) is 6.18. The third-order valence-corrected chi connectivity index (χ3v) is 10.5. The quantitative estimate of drug-likeness (QED) is 0.196. The van der Waals surface area contributed by atoms with Crippen LogP contribution in [0.1, 0.15) is 27.2 Å². The minimum absolute atomic E-state index is 0.0510. The fourth-order valence-corrected chi connectivity index (χ4v) is 7.24. The lowest BCUT2D eigenvalue weighted by molar-refractivity contribution is 0.00815. The number of carbonyl (C=O) groups excluding carboxylic acids is 1. The first-order valence-corrected chi connectivity index (χ1v) is 19.3. The van der Waals surface area contributed by atoms with Crippen molar-refractivity contribution >= 4 is 53.7 Å². The van der Waals surface area contributed by atoms with Gasteiger partial charge in [-0.1, -0.05) is 37.3 Å². The Morgan fingerprint density at radius 2 is 1.80 bits per heavy atom. The summed E-state index contributed by atoms with van der Waals surface area (Å²) in [6.07, 6.45) is 4.44. The molecule has 2 atom stereocenters. The third kappa shape index (κ3) is 5.63. The molecule has 2 unspecified atom stereocenters. The van der Waals surface area contributed by atoms with Crippen molar-refractivity contribution in [3.63, 3.8) is 0 Å². The first kappa shape index (κ1) is 30.7. The van der Waals surface area contributed by atoms with E-state index in [1.54, 1.807) is 21.2 Å². The number of benzene rings is 1. The van der Waals surface area contributed by atoms with Crippen LogP contribution < -0.4 is 10.5 Å². The Morgan fingerprint density at radius 3 is 2.45 bits per heavy atom. The van der Waals surface area contributed by atoms with Gasteiger partial charge in [0.2, 0.25) is 5.95 Å². The molecule has 0 aliphatic carbocycles. The van der Waals surface area contributed by atoms with E-state index in [9.17, 15) is 9.59 Å². The molecule has 0 saturated carbocycles. The van der Waals surface area contributed by atoms with Crippen LogP contribution in [0.15, 0.2) is 29.3 Å². The van der Waals surface area contributed by atoms with Crippen LogP contribution in [0.2, 0.25) is 30.7 Å². The highest BCUT2D eigenvalue weighted by molar-refractivity contribution is 6.76. The first-order chi connectivity index (χ1) is 20.6. The predicted octanol–water partition coefficient (Wildman–Crippen LogP) is 5.45. The number of rotatable bonds is 7. The molecule has 0 radical (unpaired) electrons. The number of piperazine rings is 1. The molecule has 2 aliphatic heterocycles. The number of aryl methyl sites for hydroxylation is 1. The topological polar surface area (TPSA) is 99.6 Å². The van der Waals surface area contributed by atoms with Crippen LogP contribution in [0.4, 0.5) is 10.7 Å². The van der Waals surface area contributed by atoms with Gasteiger partial charge in [0.15, 0.2) is 5.65 Å². The molecule has 236 valence electrons. The molecular formula is C31H42ClN7O4Si. The standard InChI is InChI=1S/C31H42ClN7O4Si/c1-31(2,3)43-30(41)37-14-19-13-20(15-37)39(19)29-33-27-25(28(40)36(29)5)22(17-38(27)18-42-11-12-44(6,7)8)21-9-10-24-23(26(21)32)16-35(4)34-24/h9-10,16-17,19-20H,11-15,18H2,1-8H3. The van der Waals surface area contributed by atoms with Crippen LogP contribution in [0, 0.1) is 0 Å². The van der Waals surface area contributed by atoms with Gasteiger partial charge in [-0.05, 0) is 39.3 Å². The molecule has 3 aromatic heterocycles. The summed E-state index contributed by atoms with van der Waals surface area (Å²) < 4.78 is 17.1. The molecule has 1 amide bonds. The number of anilines is 1. The number of hydrogen-bond donors (Lipinski definition) is 0. The van der Waals surface area contributed by atoms with Crippen LogP contribution in [0.3, 0.4) is 0 Å². The molecule has 2 fully saturated rings. The molecule has 0 spiro atoms. The largest absolute Gasteiger partial charge is 0.444 e.